The maximum Gasteiger partial charge on any atom is 0.327 e. The number of para-hydroxylation sites is 1. The Kier molecular flexibility index (Phi) is 4.18. The Labute approximate surface area is 149 Å². The van der Waals surface area contributed by atoms with Crippen LogP contribution >= 0.6 is 11.8 Å². The maximum atomic E-state index is 12.6. The lowest BCUT2D eigenvalue weighted by Crippen LogP contribution is -2.78. The molecule has 2 N–H and O–H groups in total. The maximum absolute atomic E-state index is 12.6. The van der Waals surface area contributed by atoms with E-state index in [-0.39, 0.29) is 12.5 Å². The van der Waals surface area contributed by atoms with Crippen LogP contribution in [0.3, 0.4) is 0 Å². The summed E-state index contributed by atoms with van der Waals surface area (Å²) in [5.74, 6) is -1.27. The molecule has 2 aliphatic rings. The molecule has 1 aromatic carbocycles. The molecule has 8 heteroatoms. The molecule has 0 radical (unpaired) electrons. The lowest BCUT2D eigenvalue weighted by Gasteiger charge is -2.51. The van der Waals surface area contributed by atoms with Crippen molar-refractivity contribution in [3.05, 3.63) is 30.3 Å². The summed E-state index contributed by atoms with van der Waals surface area (Å²) in [5, 5.41) is 11.7. The number of rotatable bonds is 5. The molecule has 0 bridgehead atoms. The van der Waals surface area contributed by atoms with Gasteiger partial charge in [0.05, 0.1) is 0 Å². The van der Waals surface area contributed by atoms with Crippen molar-refractivity contribution in [2.45, 2.75) is 42.5 Å². The second-order valence-electron chi connectivity index (χ2n) is 6.88. The van der Waals surface area contributed by atoms with E-state index in [0.29, 0.717) is 5.75 Å². The predicted molar refractivity (Wildman–Crippen MR) is 92.2 cm³/mol. The average molecular weight is 364 g/mol. The average Bonchev–Trinajstić information content (AvgIpc) is 2.83. The third-order valence-electron chi connectivity index (χ3n) is 4.52. The molecule has 0 spiro atoms. The lowest BCUT2D eigenvalue weighted by atomic mass is 9.86. The number of hydrogen-bond acceptors (Lipinski definition) is 5. The number of β-lactam (4-membered cyclic amide) rings is 1. The Morgan fingerprint density at radius 2 is 1.92 bits per heavy atom. The first-order valence-electron chi connectivity index (χ1n) is 7.89. The topological polar surface area (TPSA) is 95.9 Å². The fourth-order valence-electron chi connectivity index (χ4n) is 3.33. The van der Waals surface area contributed by atoms with Crippen molar-refractivity contribution in [2.75, 3.05) is 6.61 Å². The van der Waals surface area contributed by atoms with E-state index in [4.69, 9.17) is 4.74 Å². The Hall–Kier alpha value is -2.22. The molecule has 2 amide bonds. The summed E-state index contributed by atoms with van der Waals surface area (Å²) >= 11 is 1.39. The van der Waals surface area contributed by atoms with Crippen LogP contribution in [0.15, 0.2) is 30.3 Å². The van der Waals surface area contributed by atoms with Gasteiger partial charge in [0.15, 0.2) is 6.61 Å². The SMILES string of the molecule is CC1(C)S[C@H]2N(C(=O)[C@]2(C)NC(=O)COc2ccccc2)[C@H]1C(=O)O. The molecule has 0 unspecified atom stereocenters. The summed E-state index contributed by atoms with van der Waals surface area (Å²) in [6.07, 6.45) is 0. The van der Waals surface area contributed by atoms with Gasteiger partial charge in [0.25, 0.3) is 11.8 Å². The summed E-state index contributed by atoms with van der Waals surface area (Å²) in [6.45, 7) is 5.01. The van der Waals surface area contributed by atoms with Crippen LogP contribution in [-0.4, -0.2) is 56.1 Å². The highest BCUT2D eigenvalue weighted by Crippen LogP contribution is 2.54. The highest BCUT2D eigenvalue weighted by Gasteiger charge is 2.70. The third kappa shape index (κ3) is 2.84. The highest BCUT2D eigenvalue weighted by molar-refractivity contribution is 8.01. The van der Waals surface area contributed by atoms with Crippen molar-refractivity contribution in [3.63, 3.8) is 0 Å². The van der Waals surface area contributed by atoms with Gasteiger partial charge in [0.2, 0.25) is 0 Å². The smallest absolute Gasteiger partial charge is 0.327 e. The van der Waals surface area contributed by atoms with Crippen molar-refractivity contribution in [1.82, 2.24) is 10.2 Å². The number of carboxylic acids is 1. The van der Waals surface area contributed by atoms with E-state index < -0.39 is 33.6 Å². The Bertz CT molecular complexity index is 723. The van der Waals surface area contributed by atoms with Crippen molar-refractivity contribution < 1.29 is 24.2 Å². The number of carboxylic acid groups (broad SMARTS) is 1. The van der Waals surface area contributed by atoms with Crippen LogP contribution in [0, 0.1) is 0 Å². The van der Waals surface area contributed by atoms with E-state index in [1.54, 1.807) is 45.0 Å². The minimum Gasteiger partial charge on any atom is -0.484 e. The molecular weight excluding hydrogens is 344 g/mol. The molecular formula is C17H20N2O5S. The van der Waals surface area contributed by atoms with Crippen molar-refractivity contribution >= 4 is 29.5 Å². The van der Waals surface area contributed by atoms with Crippen LogP contribution in [-0.2, 0) is 14.4 Å². The van der Waals surface area contributed by atoms with Gasteiger partial charge in [-0.15, -0.1) is 11.8 Å². The number of hydrogen-bond donors (Lipinski definition) is 2. The molecule has 2 fully saturated rings. The number of aliphatic carboxylic acids is 1. The van der Waals surface area contributed by atoms with Crippen LogP contribution < -0.4 is 10.1 Å². The van der Waals surface area contributed by atoms with Gasteiger partial charge in [-0.05, 0) is 32.9 Å². The number of carbonyl (C=O) groups is 3. The van der Waals surface area contributed by atoms with E-state index in [9.17, 15) is 19.5 Å². The van der Waals surface area contributed by atoms with Crippen molar-refractivity contribution in [1.29, 1.82) is 0 Å². The number of nitrogens with one attached hydrogen (secondary N) is 1. The van der Waals surface area contributed by atoms with Crippen LogP contribution in [0.1, 0.15) is 20.8 Å². The van der Waals surface area contributed by atoms with Crippen LogP contribution in [0.2, 0.25) is 0 Å². The summed E-state index contributed by atoms with van der Waals surface area (Å²) < 4.78 is 4.76. The Morgan fingerprint density at radius 3 is 2.52 bits per heavy atom. The zero-order valence-corrected chi connectivity index (χ0v) is 15.0. The largest absolute Gasteiger partial charge is 0.484 e. The van der Waals surface area contributed by atoms with Gasteiger partial charge in [0.1, 0.15) is 22.7 Å². The van der Waals surface area contributed by atoms with Crippen LogP contribution in [0.25, 0.3) is 0 Å². The minimum atomic E-state index is -1.12. The second kappa shape index (κ2) is 5.94. The fraction of sp³-hybridized carbons (Fsp3) is 0.471. The number of ether oxygens (including phenoxy) is 1. The molecule has 2 heterocycles. The molecule has 2 aliphatic heterocycles. The van der Waals surface area contributed by atoms with Gasteiger partial charge in [-0.3, -0.25) is 9.59 Å². The molecule has 3 atom stereocenters. The quantitative estimate of drug-likeness (QED) is 0.760. The van der Waals surface area contributed by atoms with E-state index in [2.05, 4.69) is 5.32 Å². The zero-order chi connectivity index (χ0) is 18.4. The van der Waals surface area contributed by atoms with E-state index in [0.717, 1.165) is 0 Å². The van der Waals surface area contributed by atoms with E-state index in [1.165, 1.54) is 16.7 Å². The normalized spacial score (nSPS) is 29.6. The predicted octanol–water partition coefficient (Wildman–Crippen LogP) is 1.09. The monoisotopic (exact) mass is 364 g/mol. The molecule has 1 aromatic rings. The number of benzene rings is 1. The van der Waals surface area contributed by atoms with E-state index in [1.807, 2.05) is 6.07 Å². The van der Waals surface area contributed by atoms with Gasteiger partial charge < -0.3 is 20.1 Å². The van der Waals surface area contributed by atoms with Crippen molar-refractivity contribution in [3.8, 4) is 5.75 Å². The summed E-state index contributed by atoms with van der Waals surface area (Å²) in [6, 6.07) is 8.00. The number of thioether (sulfide) groups is 1. The van der Waals surface area contributed by atoms with Gasteiger partial charge >= 0.3 is 5.97 Å². The number of nitrogens with zero attached hydrogens (tertiary/aromatic N) is 1. The van der Waals surface area contributed by atoms with Gasteiger partial charge in [0, 0.05) is 4.75 Å². The molecule has 25 heavy (non-hydrogen) atoms. The molecule has 7 nitrogen and oxygen atoms in total. The van der Waals surface area contributed by atoms with Gasteiger partial charge in [-0.1, -0.05) is 18.2 Å². The van der Waals surface area contributed by atoms with E-state index >= 15 is 0 Å². The third-order valence-corrected chi connectivity index (χ3v) is 6.28. The fourth-order valence-corrected chi connectivity index (χ4v) is 4.97. The molecule has 134 valence electrons. The summed E-state index contributed by atoms with van der Waals surface area (Å²) in [7, 11) is 0. The summed E-state index contributed by atoms with van der Waals surface area (Å²) in [4.78, 5) is 37.7. The molecule has 0 saturated carbocycles. The number of amides is 2. The van der Waals surface area contributed by atoms with Gasteiger partial charge in [-0.2, -0.15) is 0 Å². The van der Waals surface area contributed by atoms with Crippen LogP contribution in [0.4, 0.5) is 0 Å². The molecule has 0 aromatic heterocycles. The molecule has 0 aliphatic carbocycles. The number of fused-ring (bicyclic) bond motifs is 1. The Morgan fingerprint density at radius 1 is 1.28 bits per heavy atom. The standard InChI is InChI=1S/C17H20N2O5S/c1-16(2)12(13(21)22)19-14(23)17(3,15(19)25-16)18-11(20)9-24-10-7-5-4-6-8-10/h4-8,12,15H,9H2,1-3H3,(H,18,20)(H,21,22)/t12-,15+,17-/m0/s1. The lowest BCUT2D eigenvalue weighted by molar-refractivity contribution is -0.168. The molecule has 3 rings (SSSR count). The first-order chi connectivity index (χ1) is 11.7. The van der Waals surface area contributed by atoms with Crippen molar-refractivity contribution in [2.24, 2.45) is 0 Å². The van der Waals surface area contributed by atoms with Gasteiger partial charge in [-0.25, -0.2) is 4.79 Å². The minimum absolute atomic E-state index is 0.212. The molecule has 2 saturated heterocycles. The number of carbonyl (C=O) groups excluding carboxylic acids is 2. The zero-order valence-electron chi connectivity index (χ0n) is 14.2. The first-order valence-corrected chi connectivity index (χ1v) is 8.77. The first kappa shape index (κ1) is 17.6. The summed E-state index contributed by atoms with van der Waals surface area (Å²) in [5.41, 5.74) is -1.12. The Balaban J connectivity index is 1.66. The second-order valence-corrected chi connectivity index (χ2v) is 8.61. The van der Waals surface area contributed by atoms with Crippen LogP contribution in [0.5, 0.6) is 5.75 Å². The highest BCUT2D eigenvalue weighted by atomic mass is 32.2.